The van der Waals surface area contributed by atoms with Crippen molar-refractivity contribution in [2.75, 3.05) is 0 Å². The molecule has 4 aliphatic carbocycles. The first kappa shape index (κ1) is 16.6. The second kappa shape index (κ2) is 5.01. The summed E-state index contributed by atoms with van der Waals surface area (Å²) < 4.78 is 12.0. The standard InChI is InChI=1S/C21H32O4/c1-12(22)24-17-5-4-14-13-6-11-21-18(25-21)16(23)8-10-20(21,3)15(13)7-9-19(14,17)2/h13-18,23H,4-11H2,1-3H3/t13-,14-,15-,16?,17-,18?,19-,20+,21?/m0/s1. The molecule has 0 amide bonds. The van der Waals surface area contributed by atoms with Gasteiger partial charge in [-0.25, -0.2) is 0 Å². The Morgan fingerprint density at radius 1 is 1.04 bits per heavy atom. The van der Waals surface area contributed by atoms with E-state index >= 15 is 0 Å². The number of hydrogen-bond donors (Lipinski definition) is 1. The van der Waals surface area contributed by atoms with Gasteiger partial charge in [0.15, 0.2) is 0 Å². The number of carbonyl (C=O) groups excluding carboxylic acids is 1. The molecule has 4 saturated carbocycles. The van der Waals surface area contributed by atoms with Crippen LogP contribution in [0.3, 0.4) is 0 Å². The minimum Gasteiger partial charge on any atom is -0.462 e. The fourth-order valence-electron chi connectivity index (χ4n) is 8.05. The molecule has 1 saturated heterocycles. The van der Waals surface area contributed by atoms with Gasteiger partial charge in [0.25, 0.3) is 0 Å². The van der Waals surface area contributed by atoms with Gasteiger partial charge >= 0.3 is 5.97 Å². The van der Waals surface area contributed by atoms with Gasteiger partial charge < -0.3 is 14.6 Å². The number of rotatable bonds is 1. The van der Waals surface area contributed by atoms with Gasteiger partial charge in [0, 0.05) is 17.8 Å². The molecule has 0 radical (unpaired) electrons. The van der Waals surface area contributed by atoms with E-state index in [4.69, 9.17) is 9.47 Å². The Bertz CT molecular complexity index is 605. The van der Waals surface area contributed by atoms with Crippen LogP contribution in [-0.2, 0) is 14.3 Å². The third kappa shape index (κ3) is 1.93. The first-order valence-electron chi connectivity index (χ1n) is 10.3. The zero-order valence-corrected chi connectivity index (χ0v) is 15.8. The van der Waals surface area contributed by atoms with E-state index in [9.17, 15) is 9.90 Å². The molecule has 0 aromatic carbocycles. The Morgan fingerprint density at radius 2 is 1.84 bits per heavy atom. The van der Waals surface area contributed by atoms with Crippen LogP contribution in [0, 0.1) is 28.6 Å². The lowest BCUT2D eigenvalue weighted by Crippen LogP contribution is -2.59. The Kier molecular flexibility index (Phi) is 3.32. The lowest BCUT2D eigenvalue weighted by atomic mass is 9.45. The van der Waals surface area contributed by atoms with Crippen molar-refractivity contribution in [3.8, 4) is 0 Å². The average Bonchev–Trinajstić information content (AvgIpc) is 3.22. The molecular formula is C21H32O4. The molecule has 1 spiro atoms. The van der Waals surface area contributed by atoms with Crippen molar-refractivity contribution >= 4 is 5.97 Å². The van der Waals surface area contributed by atoms with Gasteiger partial charge in [-0.05, 0) is 69.1 Å². The third-order valence-electron chi connectivity index (χ3n) is 9.34. The molecule has 1 N–H and O–H groups in total. The van der Waals surface area contributed by atoms with E-state index in [-0.39, 0.29) is 40.7 Å². The van der Waals surface area contributed by atoms with Crippen molar-refractivity contribution in [3.05, 3.63) is 0 Å². The van der Waals surface area contributed by atoms with Crippen LogP contribution in [0.1, 0.15) is 72.1 Å². The second-order valence-electron chi connectivity index (χ2n) is 10.1. The molecule has 4 nitrogen and oxygen atoms in total. The van der Waals surface area contributed by atoms with E-state index in [1.165, 1.54) is 19.3 Å². The van der Waals surface area contributed by atoms with Gasteiger partial charge in [-0.1, -0.05) is 13.8 Å². The molecule has 5 fully saturated rings. The molecule has 4 heteroatoms. The van der Waals surface area contributed by atoms with Crippen LogP contribution in [0.5, 0.6) is 0 Å². The summed E-state index contributed by atoms with van der Waals surface area (Å²) in [5.41, 5.74) is 0.347. The highest BCUT2D eigenvalue weighted by atomic mass is 16.6. The summed E-state index contributed by atoms with van der Waals surface area (Å²) in [5, 5.41) is 10.3. The van der Waals surface area contributed by atoms with Crippen LogP contribution in [0.4, 0.5) is 0 Å². The highest BCUT2D eigenvalue weighted by Crippen LogP contribution is 2.72. The van der Waals surface area contributed by atoms with E-state index in [0.717, 1.165) is 38.0 Å². The summed E-state index contributed by atoms with van der Waals surface area (Å²) in [6.45, 7) is 6.38. The van der Waals surface area contributed by atoms with Crippen molar-refractivity contribution in [3.63, 3.8) is 0 Å². The van der Waals surface area contributed by atoms with Crippen molar-refractivity contribution < 1.29 is 19.4 Å². The fraction of sp³-hybridized carbons (Fsp3) is 0.952. The largest absolute Gasteiger partial charge is 0.462 e. The second-order valence-corrected chi connectivity index (χ2v) is 10.1. The van der Waals surface area contributed by atoms with Crippen LogP contribution in [0.2, 0.25) is 0 Å². The van der Waals surface area contributed by atoms with E-state index < -0.39 is 0 Å². The van der Waals surface area contributed by atoms with Crippen molar-refractivity contribution in [2.24, 2.45) is 28.6 Å². The number of fused-ring (bicyclic) bond motifs is 4. The maximum Gasteiger partial charge on any atom is 0.302 e. The number of esters is 1. The zero-order valence-electron chi connectivity index (χ0n) is 15.8. The van der Waals surface area contributed by atoms with Crippen molar-refractivity contribution in [1.29, 1.82) is 0 Å². The Morgan fingerprint density at radius 3 is 2.60 bits per heavy atom. The molecule has 5 aliphatic rings. The van der Waals surface area contributed by atoms with Gasteiger partial charge in [0.1, 0.15) is 17.8 Å². The van der Waals surface area contributed by atoms with E-state index in [2.05, 4.69) is 13.8 Å². The molecule has 3 unspecified atom stereocenters. The van der Waals surface area contributed by atoms with E-state index in [0.29, 0.717) is 11.8 Å². The maximum atomic E-state index is 11.6. The Labute approximate surface area is 150 Å². The lowest BCUT2D eigenvalue weighted by molar-refractivity contribution is -0.161. The zero-order chi connectivity index (χ0) is 17.6. The maximum absolute atomic E-state index is 11.6. The number of carbonyl (C=O) groups is 1. The predicted molar refractivity (Wildman–Crippen MR) is 92.8 cm³/mol. The van der Waals surface area contributed by atoms with Crippen LogP contribution >= 0.6 is 0 Å². The summed E-state index contributed by atoms with van der Waals surface area (Å²) in [6, 6.07) is 0. The molecular weight excluding hydrogens is 316 g/mol. The molecule has 0 bridgehead atoms. The molecule has 25 heavy (non-hydrogen) atoms. The van der Waals surface area contributed by atoms with Crippen LogP contribution in [-0.4, -0.2) is 35.0 Å². The quantitative estimate of drug-likeness (QED) is 0.582. The van der Waals surface area contributed by atoms with E-state index in [1.54, 1.807) is 6.92 Å². The normalized spacial score (nSPS) is 59.2. The highest BCUT2D eigenvalue weighted by molar-refractivity contribution is 5.66. The first-order valence-corrected chi connectivity index (χ1v) is 10.3. The summed E-state index contributed by atoms with van der Waals surface area (Å²) in [6.07, 6.45) is 8.89. The van der Waals surface area contributed by atoms with Crippen molar-refractivity contribution in [2.45, 2.75) is 96.1 Å². The number of hydrogen-bond acceptors (Lipinski definition) is 4. The molecule has 140 valence electrons. The van der Waals surface area contributed by atoms with E-state index in [1.807, 2.05) is 0 Å². The molecule has 1 heterocycles. The SMILES string of the molecule is CC(=O)O[C@H]1CC[C@H]2[C@@H]3CCC45OC4C(O)CC[C@]5(C)[C@H]3CC[C@]12C. The Balaban J connectivity index is 1.43. The van der Waals surface area contributed by atoms with Crippen LogP contribution in [0.15, 0.2) is 0 Å². The van der Waals surface area contributed by atoms with Crippen LogP contribution in [0.25, 0.3) is 0 Å². The minimum absolute atomic E-state index is 0.0343. The number of ether oxygens (including phenoxy) is 2. The van der Waals surface area contributed by atoms with Gasteiger partial charge in [0.2, 0.25) is 0 Å². The minimum atomic E-state index is -0.252. The topological polar surface area (TPSA) is 59.1 Å². The van der Waals surface area contributed by atoms with Gasteiger partial charge in [-0.15, -0.1) is 0 Å². The average molecular weight is 348 g/mol. The summed E-state index contributed by atoms with van der Waals surface area (Å²) in [7, 11) is 0. The predicted octanol–water partition coefficient (Wildman–Crippen LogP) is 3.45. The summed E-state index contributed by atoms with van der Waals surface area (Å²) >= 11 is 0. The molecule has 5 rings (SSSR count). The number of epoxide rings is 1. The number of aliphatic hydroxyl groups is 1. The smallest absolute Gasteiger partial charge is 0.302 e. The van der Waals surface area contributed by atoms with Gasteiger partial charge in [-0.2, -0.15) is 0 Å². The van der Waals surface area contributed by atoms with Gasteiger partial charge in [-0.3, -0.25) is 4.79 Å². The van der Waals surface area contributed by atoms with Gasteiger partial charge in [0.05, 0.1) is 6.10 Å². The molecule has 9 atom stereocenters. The fourth-order valence-corrected chi connectivity index (χ4v) is 8.05. The first-order chi connectivity index (χ1) is 11.8. The van der Waals surface area contributed by atoms with Crippen molar-refractivity contribution in [1.82, 2.24) is 0 Å². The number of aliphatic hydroxyl groups excluding tert-OH is 1. The summed E-state index contributed by atoms with van der Waals surface area (Å²) in [5.74, 6) is 1.98. The van der Waals surface area contributed by atoms with Crippen LogP contribution < -0.4 is 0 Å². The lowest BCUT2D eigenvalue weighted by Gasteiger charge is -2.59. The Hall–Kier alpha value is -0.610. The monoisotopic (exact) mass is 348 g/mol. The molecule has 1 aliphatic heterocycles. The summed E-state index contributed by atoms with van der Waals surface area (Å²) in [4.78, 5) is 11.6. The highest BCUT2D eigenvalue weighted by Gasteiger charge is 2.76. The third-order valence-corrected chi connectivity index (χ3v) is 9.34. The molecule has 0 aromatic rings. The molecule has 0 aromatic heterocycles.